The molecule has 3 fully saturated rings. The van der Waals surface area contributed by atoms with Crippen molar-refractivity contribution < 1.29 is 14.6 Å². The molecule has 1 amide bonds. The molecule has 3 saturated heterocycles. The van der Waals surface area contributed by atoms with Crippen molar-refractivity contribution >= 4 is 11.7 Å². The van der Waals surface area contributed by atoms with E-state index in [0.29, 0.717) is 17.5 Å². The summed E-state index contributed by atoms with van der Waals surface area (Å²) in [7, 11) is 0. The van der Waals surface area contributed by atoms with E-state index in [2.05, 4.69) is 14.8 Å². The Kier molecular flexibility index (Phi) is 6.44. The van der Waals surface area contributed by atoms with Crippen LogP contribution in [-0.2, 0) is 4.74 Å². The first-order valence-electron chi connectivity index (χ1n) is 10.7. The standard InChI is InChI=1S/C21H32N4O3/c26-16-17-2-1-7-25(15-17)20-4-3-18(14-22-20)21(27)24-8-5-19(6-9-24)23-10-12-28-13-11-23/h3-4,14,17,19,26H,1-2,5-13,15-16H2. The molecule has 4 heterocycles. The molecule has 3 aliphatic heterocycles. The van der Waals surface area contributed by atoms with E-state index in [9.17, 15) is 9.90 Å². The minimum atomic E-state index is 0.0892. The van der Waals surface area contributed by atoms with Crippen LogP contribution in [0.25, 0.3) is 0 Å². The zero-order valence-electron chi connectivity index (χ0n) is 16.6. The van der Waals surface area contributed by atoms with Crippen molar-refractivity contribution in [2.24, 2.45) is 5.92 Å². The monoisotopic (exact) mass is 388 g/mol. The average Bonchev–Trinajstić information content (AvgIpc) is 2.79. The molecule has 154 valence electrons. The van der Waals surface area contributed by atoms with E-state index >= 15 is 0 Å². The predicted octanol–water partition coefficient (Wildman–Crippen LogP) is 1.23. The van der Waals surface area contributed by atoms with E-state index in [-0.39, 0.29) is 12.5 Å². The molecule has 3 aliphatic rings. The normalized spacial score (nSPS) is 25.1. The van der Waals surface area contributed by atoms with E-state index < -0.39 is 0 Å². The van der Waals surface area contributed by atoms with Gasteiger partial charge in [-0.05, 0) is 43.7 Å². The van der Waals surface area contributed by atoms with Crippen LogP contribution in [0.5, 0.6) is 0 Å². The third-order valence-corrected chi connectivity index (χ3v) is 6.41. The van der Waals surface area contributed by atoms with Crippen LogP contribution in [0.3, 0.4) is 0 Å². The number of aromatic nitrogens is 1. The number of aliphatic hydroxyl groups excluding tert-OH is 1. The average molecular weight is 389 g/mol. The largest absolute Gasteiger partial charge is 0.396 e. The third-order valence-electron chi connectivity index (χ3n) is 6.41. The predicted molar refractivity (Wildman–Crippen MR) is 108 cm³/mol. The van der Waals surface area contributed by atoms with Gasteiger partial charge in [0.2, 0.25) is 0 Å². The summed E-state index contributed by atoms with van der Waals surface area (Å²) in [5.41, 5.74) is 0.671. The lowest BCUT2D eigenvalue weighted by Gasteiger charge is -2.40. The number of morpholine rings is 1. The van der Waals surface area contributed by atoms with Gasteiger partial charge in [0.05, 0.1) is 18.8 Å². The fourth-order valence-corrected chi connectivity index (χ4v) is 4.68. The van der Waals surface area contributed by atoms with Crippen LogP contribution in [0.1, 0.15) is 36.0 Å². The number of carbonyl (C=O) groups excluding carboxylic acids is 1. The van der Waals surface area contributed by atoms with Gasteiger partial charge in [0.15, 0.2) is 0 Å². The van der Waals surface area contributed by atoms with Gasteiger partial charge in [0, 0.05) is 58.1 Å². The molecule has 0 bridgehead atoms. The van der Waals surface area contributed by atoms with Crippen molar-refractivity contribution in [1.82, 2.24) is 14.8 Å². The van der Waals surface area contributed by atoms with Crippen LogP contribution >= 0.6 is 0 Å². The van der Waals surface area contributed by atoms with Gasteiger partial charge >= 0.3 is 0 Å². The van der Waals surface area contributed by atoms with Gasteiger partial charge in [-0.2, -0.15) is 0 Å². The summed E-state index contributed by atoms with van der Waals surface area (Å²) >= 11 is 0. The fourth-order valence-electron chi connectivity index (χ4n) is 4.68. The summed E-state index contributed by atoms with van der Waals surface area (Å²) in [5, 5.41) is 9.41. The minimum absolute atomic E-state index is 0.0892. The van der Waals surface area contributed by atoms with Crippen molar-refractivity contribution in [2.75, 3.05) is 64.0 Å². The van der Waals surface area contributed by atoms with Crippen molar-refractivity contribution in [3.05, 3.63) is 23.9 Å². The van der Waals surface area contributed by atoms with Gasteiger partial charge in [-0.25, -0.2) is 4.98 Å². The number of hydrogen-bond acceptors (Lipinski definition) is 6. The molecule has 0 aromatic carbocycles. The molecule has 0 aliphatic carbocycles. The van der Waals surface area contributed by atoms with Crippen molar-refractivity contribution in [3.63, 3.8) is 0 Å². The first kappa shape index (κ1) is 19.6. The highest BCUT2D eigenvalue weighted by Gasteiger charge is 2.28. The smallest absolute Gasteiger partial charge is 0.255 e. The quantitative estimate of drug-likeness (QED) is 0.837. The molecule has 4 rings (SSSR count). The number of likely N-dealkylation sites (tertiary alicyclic amines) is 1. The second kappa shape index (κ2) is 9.20. The minimum Gasteiger partial charge on any atom is -0.396 e. The number of piperidine rings is 2. The Labute approximate surface area is 167 Å². The maximum absolute atomic E-state index is 12.9. The Hall–Kier alpha value is -1.70. The molecule has 0 radical (unpaired) electrons. The number of ether oxygens (including phenoxy) is 1. The van der Waals surface area contributed by atoms with E-state index in [1.165, 1.54) is 0 Å². The SMILES string of the molecule is O=C(c1ccc(N2CCCC(CO)C2)nc1)N1CCC(N2CCOCC2)CC1. The van der Waals surface area contributed by atoms with E-state index in [4.69, 9.17) is 4.74 Å². The Morgan fingerprint density at radius 3 is 2.57 bits per heavy atom. The van der Waals surface area contributed by atoms with Crippen molar-refractivity contribution in [3.8, 4) is 0 Å². The van der Waals surface area contributed by atoms with Gasteiger partial charge in [-0.1, -0.05) is 0 Å². The second-order valence-corrected chi connectivity index (χ2v) is 8.21. The van der Waals surface area contributed by atoms with E-state index in [1.54, 1.807) is 6.20 Å². The van der Waals surface area contributed by atoms with Crippen molar-refractivity contribution in [1.29, 1.82) is 0 Å². The Morgan fingerprint density at radius 1 is 1.11 bits per heavy atom. The molecule has 0 spiro atoms. The lowest BCUT2D eigenvalue weighted by atomic mass is 9.99. The highest BCUT2D eigenvalue weighted by atomic mass is 16.5. The number of aliphatic hydroxyl groups is 1. The third kappa shape index (κ3) is 4.47. The fraction of sp³-hybridized carbons (Fsp3) is 0.714. The molecule has 1 unspecified atom stereocenters. The molecule has 7 nitrogen and oxygen atoms in total. The maximum Gasteiger partial charge on any atom is 0.255 e. The highest BCUT2D eigenvalue weighted by Crippen LogP contribution is 2.23. The molecule has 1 aromatic heterocycles. The van der Waals surface area contributed by atoms with Gasteiger partial charge in [0.25, 0.3) is 5.91 Å². The van der Waals surface area contributed by atoms with Gasteiger partial charge in [-0.3, -0.25) is 9.69 Å². The lowest BCUT2D eigenvalue weighted by Crippen LogP contribution is -2.50. The maximum atomic E-state index is 12.9. The Morgan fingerprint density at radius 2 is 1.89 bits per heavy atom. The van der Waals surface area contributed by atoms with Crippen LogP contribution in [-0.4, -0.2) is 90.9 Å². The van der Waals surface area contributed by atoms with Gasteiger partial charge < -0.3 is 19.6 Å². The summed E-state index contributed by atoms with van der Waals surface area (Å²) in [4.78, 5) is 24.1. The number of nitrogens with zero attached hydrogens (tertiary/aromatic N) is 4. The number of carbonyl (C=O) groups is 1. The van der Waals surface area contributed by atoms with Gasteiger partial charge in [-0.15, -0.1) is 0 Å². The number of pyridine rings is 1. The van der Waals surface area contributed by atoms with E-state index in [0.717, 1.165) is 84.0 Å². The highest BCUT2D eigenvalue weighted by molar-refractivity contribution is 5.94. The topological polar surface area (TPSA) is 69.1 Å². The Balaban J connectivity index is 1.31. The summed E-state index contributed by atoms with van der Waals surface area (Å²) in [6.45, 7) is 7.33. The zero-order chi connectivity index (χ0) is 19.3. The molecule has 7 heteroatoms. The first-order valence-corrected chi connectivity index (χ1v) is 10.7. The summed E-state index contributed by atoms with van der Waals surface area (Å²) < 4.78 is 5.44. The number of amides is 1. The van der Waals surface area contributed by atoms with E-state index in [1.807, 2.05) is 17.0 Å². The molecule has 1 N–H and O–H groups in total. The molecule has 28 heavy (non-hydrogen) atoms. The summed E-state index contributed by atoms with van der Waals surface area (Å²) in [6.07, 6.45) is 5.94. The lowest BCUT2D eigenvalue weighted by molar-refractivity contribution is 0.00158. The van der Waals surface area contributed by atoms with Crippen LogP contribution in [0.2, 0.25) is 0 Å². The first-order chi connectivity index (χ1) is 13.7. The molecular formula is C21H32N4O3. The summed E-state index contributed by atoms with van der Waals surface area (Å²) in [6, 6.07) is 4.43. The number of hydrogen-bond donors (Lipinski definition) is 1. The number of anilines is 1. The molecule has 0 saturated carbocycles. The number of rotatable bonds is 4. The van der Waals surface area contributed by atoms with Crippen LogP contribution in [0.15, 0.2) is 18.3 Å². The molecule has 1 atom stereocenters. The van der Waals surface area contributed by atoms with Crippen LogP contribution in [0.4, 0.5) is 5.82 Å². The second-order valence-electron chi connectivity index (χ2n) is 8.21. The van der Waals surface area contributed by atoms with Crippen LogP contribution in [0, 0.1) is 5.92 Å². The molecular weight excluding hydrogens is 356 g/mol. The van der Waals surface area contributed by atoms with Gasteiger partial charge in [0.1, 0.15) is 5.82 Å². The summed E-state index contributed by atoms with van der Waals surface area (Å²) in [5.74, 6) is 1.32. The zero-order valence-corrected chi connectivity index (χ0v) is 16.6. The van der Waals surface area contributed by atoms with Crippen LogP contribution < -0.4 is 4.90 Å². The molecule has 1 aromatic rings. The Bertz CT molecular complexity index is 640. The van der Waals surface area contributed by atoms with Crippen molar-refractivity contribution in [2.45, 2.75) is 31.7 Å².